The minimum atomic E-state index is 0.536. The molecule has 0 amide bonds. The van der Waals surface area contributed by atoms with E-state index < -0.39 is 0 Å². The van der Waals surface area contributed by atoms with E-state index in [9.17, 15) is 0 Å². The van der Waals surface area contributed by atoms with E-state index in [1.54, 1.807) is 37.6 Å². The third-order valence-electron chi connectivity index (χ3n) is 2.07. The van der Waals surface area contributed by atoms with Crippen LogP contribution in [0.15, 0.2) is 42.6 Å². The van der Waals surface area contributed by atoms with Crippen molar-refractivity contribution in [2.75, 3.05) is 12.8 Å². The first kappa shape index (κ1) is 10.3. The number of nitrogens with zero attached hydrogens (tertiary/aromatic N) is 1. The van der Waals surface area contributed by atoms with Crippen LogP contribution in [-0.4, -0.2) is 12.1 Å². The van der Waals surface area contributed by atoms with Crippen LogP contribution >= 0.6 is 0 Å². The molecular formula is C12H12N2O2. The van der Waals surface area contributed by atoms with E-state index in [0.717, 1.165) is 0 Å². The second-order valence-corrected chi connectivity index (χ2v) is 3.17. The molecule has 0 saturated carbocycles. The van der Waals surface area contributed by atoms with Gasteiger partial charge < -0.3 is 15.2 Å². The van der Waals surface area contributed by atoms with Crippen LogP contribution in [0.2, 0.25) is 0 Å². The zero-order valence-corrected chi connectivity index (χ0v) is 8.88. The first-order valence-corrected chi connectivity index (χ1v) is 4.82. The van der Waals surface area contributed by atoms with E-state index in [1.807, 2.05) is 12.1 Å². The van der Waals surface area contributed by atoms with Gasteiger partial charge in [-0.15, -0.1) is 0 Å². The van der Waals surface area contributed by atoms with Gasteiger partial charge in [0.1, 0.15) is 11.5 Å². The predicted molar refractivity (Wildman–Crippen MR) is 61.7 cm³/mol. The molecule has 1 aromatic carbocycles. The van der Waals surface area contributed by atoms with Gasteiger partial charge in [0.2, 0.25) is 5.88 Å². The Balaban J connectivity index is 2.22. The summed E-state index contributed by atoms with van der Waals surface area (Å²) in [7, 11) is 1.57. The van der Waals surface area contributed by atoms with Gasteiger partial charge in [0.05, 0.1) is 12.8 Å². The van der Waals surface area contributed by atoms with Crippen LogP contribution in [0.5, 0.6) is 17.4 Å². The van der Waals surface area contributed by atoms with Crippen molar-refractivity contribution < 1.29 is 9.47 Å². The van der Waals surface area contributed by atoms with Crippen LogP contribution in [-0.2, 0) is 0 Å². The predicted octanol–water partition coefficient (Wildman–Crippen LogP) is 2.46. The molecule has 1 aromatic heterocycles. The van der Waals surface area contributed by atoms with Crippen molar-refractivity contribution in [2.45, 2.75) is 0 Å². The molecule has 2 rings (SSSR count). The van der Waals surface area contributed by atoms with Gasteiger partial charge in [0.15, 0.2) is 0 Å². The summed E-state index contributed by atoms with van der Waals surface area (Å²) in [5.41, 5.74) is 6.28. The van der Waals surface area contributed by atoms with Crippen molar-refractivity contribution in [1.29, 1.82) is 0 Å². The van der Waals surface area contributed by atoms with Crippen molar-refractivity contribution in [1.82, 2.24) is 4.98 Å². The molecule has 16 heavy (non-hydrogen) atoms. The highest BCUT2D eigenvalue weighted by Crippen LogP contribution is 2.28. The molecule has 82 valence electrons. The number of pyridine rings is 1. The van der Waals surface area contributed by atoms with Crippen LogP contribution < -0.4 is 15.2 Å². The third kappa shape index (κ3) is 2.23. The number of rotatable bonds is 3. The molecule has 0 aliphatic rings. The highest BCUT2D eigenvalue weighted by Gasteiger charge is 2.03. The maximum Gasteiger partial charge on any atom is 0.219 e. The van der Waals surface area contributed by atoms with E-state index in [4.69, 9.17) is 15.2 Å². The third-order valence-corrected chi connectivity index (χ3v) is 2.07. The van der Waals surface area contributed by atoms with Crippen LogP contribution in [0.1, 0.15) is 0 Å². The Kier molecular flexibility index (Phi) is 2.91. The lowest BCUT2D eigenvalue weighted by Gasteiger charge is -2.08. The second-order valence-electron chi connectivity index (χ2n) is 3.17. The molecule has 0 radical (unpaired) electrons. The number of aromatic nitrogens is 1. The van der Waals surface area contributed by atoms with Crippen molar-refractivity contribution in [3.8, 4) is 17.4 Å². The van der Waals surface area contributed by atoms with E-state index in [1.165, 1.54) is 0 Å². The lowest BCUT2D eigenvalue weighted by atomic mass is 10.3. The molecule has 2 aromatic rings. The molecule has 4 heteroatoms. The van der Waals surface area contributed by atoms with Crippen LogP contribution in [0.3, 0.4) is 0 Å². The number of nitrogen functional groups attached to an aromatic ring is 1. The average Bonchev–Trinajstić information content (AvgIpc) is 2.33. The Morgan fingerprint density at radius 1 is 1.19 bits per heavy atom. The minimum absolute atomic E-state index is 0.536. The summed E-state index contributed by atoms with van der Waals surface area (Å²) in [4.78, 5) is 4.06. The number of methoxy groups -OCH3 is 1. The van der Waals surface area contributed by atoms with E-state index in [0.29, 0.717) is 23.1 Å². The molecule has 0 aliphatic heterocycles. The van der Waals surface area contributed by atoms with Gasteiger partial charge >= 0.3 is 0 Å². The van der Waals surface area contributed by atoms with Gasteiger partial charge in [0, 0.05) is 18.3 Å². The molecule has 0 unspecified atom stereocenters. The maximum atomic E-state index is 5.70. The second kappa shape index (κ2) is 4.53. The molecule has 0 bridgehead atoms. The summed E-state index contributed by atoms with van der Waals surface area (Å²) >= 11 is 0. The summed E-state index contributed by atoms with van der Waals surface area (Å²) in [6.45, 7) is 0. The maximum absolute atomic E-state index is 5.70. The van der Waals surface area contributed by atoms with Crippen molar-refractivity contribution in [2.24, 2.45) is 0 Å². The molecular weight excluding hydrogens is 204 g/mol. The quantitative estimate of drug-likeness (QED) is 0.801. The van der Waals surface area contributed by atoms with Crippen molar-refractivity contribution in [3.05, 3.63) is 42.6 Å². The molecule has 4 nitrogen and oxygen atoms in total. The fraction of sp³-hybridized carbons (Fsp3) is 0.0833. The Hall–Kier alpha value is -2.23. The van der Waals surface area contributed by atoms with Gasteiger partial charge in [-0.05, 0) is 18.2 Å². The summed E-state index contributed by atoms with van der Waals surface area (Å²) < 4.78 is 10.6. The standard InChI is InChI=1S/C12H12N2O2/c1-15-11-8-9(5-6-10(11)13)16-12-4-2-3-7-14-12/h2-8H,13H2,1H3. The molecule has 0 aliphatic carbocycles. The Morgan fingerprint density at radius 3 is 2.75 bits per heavy atom. The molecule has 2 N–H and O–H groups in total. The number of benzene rings is 1. The fourth-order valence-corrected chi connectivity index (χ4v) is 1.28. The van der Waals surface area contributed by atoms with Gasteiger partial charge in [-0.2, -0.15) is 0 Å². The van der Waals surface area contributed by atoms with Gasteiger partial charge in [0.25, 0.3) is 0 Å². The zero-order chi connectivity index (χ0) is 11.4. The monoisotopic (exact) mass is 216 g/mol. The number of hydrogen-bond acceptors (Lipinski definition) is 4. The van der Waals surface area contributed by atoms with Crippen LogP contribution in [0.4, 0.5) is 5.69 Å². The van der Waals surface area contributed by atoms with Crippen molar-refractivity contribution in [3.63, 3.8) is 0 Å². The number of anilines is 1. The SMILES string of the molecule is COc1cc(Oc2ccccn2)ccc1N. The van der Waals surface area contributed by atoms with E-state index in [2.05, 4.69) is 4.98 Å². The summed E-state index contributed by atoms with van der Waals surface area (Å²) in [5, 5.41) is 0. The number of nitrogens with two attached hydrogens (primary N) is 1. The molecule has 0 spiro atoms. The zero-order valence-electron chi connectivity index (χ0n) is 8.88. The van der Waals surface area contributed by atoms with Crippen LogP contribution in [0.25, 0.3) is 0 Å². The fourth-order valence-electron chi connectivity index (χ4n) is 1.28. The lowest BCUT2D eigenvalue weighted by molar-refractivity contribution is 0.409. The number of hydrogen-bond donors (Lipinski definition) is 1. The molecule has 0 fully saturated rings. The molecule has 0 saturated heterocycles. The molecule has 1 heterocycles. The smallest absolute Gasteiger partial charge is 0.219 e. The molecule has 0 atom stereocenters. The van der Waals surface area contributed by atoms with Gasteiger partial charge in [-0.1, -0.05) is 6.07 Å². The largest absolute Gasteiger partial charge is 0.494 e. The highest BCUT2D eigenvalue weighted by molar-refractivity contribution is 5.55. The Morgan fingerprint density at radius 2 is 2.06 bits per heavy atom. The normalized spacial score (nSPS) is 9.81. The average molecular weight is 216 g/mol. The van der Waals surface area contributed by atoms with Gasteiger partial charge in [-0.3, -0.25) is 0 Å². The first-order chi connectivity index (χ1) is 7.79. The topological polar surface area (TPSA) is 57.4 Å². The van der Waals surface area contributed by atoms with E-state index >= 15 is 0 Å². The minimum Gasteiger partial charge on any atom is -0.494 e. The van der Waals surface area contributed by atoms with Crippen molar-refractivity contribution >= 4 is 5.69 Å². The summed E-state index contributed by atoms with van der Waals surface area (Å²) in [6, 6.07) is 10.7. The van der Waals surface area contributed by atoms with Gasteiger partial charge in [-0.25, -0.2) is 4.98 Å². The first-order valence-electron chi connectivity index (χ1n) is 4.82. The summed E-state index contributed by atoms with van der Waals surface area (Å²) in [6.07, 6.45) is 1.67. The van der Waals surface area contributed by atoms with Crippen LogP contribution in [0, 0.1) is 0 Å². The lowest BCUT2D eigenvalue weighted by Crippen LogP contribution is -1.93. The Bertz CT molecular complexity index is 472. The Labute approximate surface area is 93.6 Å². The highest BCUT2D eigenvalue weighted by atomic mass is 16.5. The van der Waals surface area contributed by atoms with E-state index in [-0.39, 0.29) is 0 Å². The summed E-state index contributed by atoms with van der Waals surface area (Å²) in [5.74, 6) is 1.77. The number of ether oxygens (including phenoxy) is 2.